The van der Waals surface area contributed by atoms with Crippen molar-refractivity contribution in [2.24, 2.45) is 5.92 Å². The van der Waals surface area contributed by atoms with E-state index in [1.54, 1.807) is 0 Å². The number of rotatable bonds is 6. The molecule has 102 valence electrons. The van der Waals surface area contributed by atoms with Crippen molar-refractivity contribution in [1.29, 1.82) is 0 Å². The highest BCUT2D eigenvalue weighted by atomic mass is 16.5. The summed E-state index contributed by atoms with van der Waals surface area (Å²) in [6.45, 7) is 3.38. The molecule has 0 unspecified atom stereocenters. The summed E-state index contributed by atoms with van der Waals surface area (Å²) in [5.74, 6) is 2.39. The number of hydrogen-bond donors (Lipinski definition) is 1. The lowest BCUT2D eigenvalue weighted by atomic mass is 9.94. The quantitative estimate of drug-likeness (QED) is 0.769. The van der Waals surface area contributed by atoms with Crippen LogP contribution in [0.25, 0.3) is 0 Å². The number of nitrogens with one attached hydrogen (secondary N) is 1. The van der Waals surface area contributed by atoms with Gasteiger partial charge in [0.25, 0.3) is 0 Å². The molecule has 18 heavy (non-hydrogen) atoms. The molecule has 0 amide bonds. The topological polar surface area (TPSA) is 54.2 Å². The second-order valence-corrected chi connectivity index (χ2v) is 5.26. The molecule has 2 heterocycles. The molecule has 1 saturated heterocycles. The van der Waals surface area contributed by atoms with Crippen LogP contribution in [0.3, 0.4) is 0 Å². The van der Waals surface area contributed by atoms with E-state index in [1.807, 2.05) is 7.05 Å². The SMILES string of the molecule is CNCCCc1noc(CC2CCN(C)CC2)n1. The molecule has 2 rings (SSSR count). The third kappa shape index (κ3) is 4.07. The van der Waals surface area contributed by atoms with Gasteiger partial charge in [0.2, 0.25) is 5.89 Å². The van der Waals surface area contributed by atoms with Crippen LogP contribution in [0.15, 0.2) is 4.52 Å². The van der Waals surface area contributed by atoms with Gasteiger partial charge in [-0.2, -0.15) is 4.98 Å². The van der Waals surface area contributed by atoms with Crippen LogP contribution in [-0.4, -0.2) is 48.8 Å². The van der Waals surface area contributed by atoms with Gasteiger partial charge in [-0.1, -0.05) is 5.16 Å². The molecule has 0 atom stereocenters. The van der Waals surface area contributed by atoms with Gasteiger partial charge >= 0.3 is 0 Å². The van der Waals surface area contributed by atoms with Crippen LogP contribution in [0, 0.1) is 5.92 Å². The number of hydrogen-bond acceptors (Lipinski definition) is 5. The molecule has 0 aromatic carbocycles. The molecular formula is C13H24N4O. The zero-order chi connectivity index (χ0) is 12.8. The van der Waals surface area contributed by atoms with Gasteiger partial charge in [0, 0.05) is 12.8 Å². The molecule has 1 aromatic heterocycles. The Morgan fingerprint density at radius 2 is 2.17 bits per heavy atom. The first-order valence-corrected chi connectivity index (χ1v) is 6.92. The second kappa shape index (κ2) is 6.85. The van der Waals surface area contributed by atoms with Crippen molar-refractivity contribution in [2.45, 2.75) is 32.1 Å². The molecular weight excluding hydrogens is 228 g/mol. The third-order valence-electron chi connectivity index (χ3n) is 3.64. The Balaban J connectivity index is 1.76. The fraction of sp³-hybridized carbons (Fsp3) is 0.846. The lowest BCUT2D eigenvalue weighted by molar-refractivity contribution is 0.208. The fourth-order valence-electron chi connectivity index (χ4n) is 2.41. The maximum atomic E-state index is 5.33. The normalized spacial score (nSPS) is 18.3. The van der Waals surface area contributed by atoms with E-state index in [4.69, 9.17) is 4.52 Å². The van der Waals surface area contributed by atoms with Gasteiger partial charge in [-0.3, -0.25) is 0 Å². The van der Waals surface area contributed by atoms with Gasteiger partial charge in [0.05, 0.1) is 0 Å². The summed E-state index contributed by atoms with van der Waals surface area (Å²) < 4.78 is 5.33. The Bertz CT molecular complexity index is 345. The molecule has 0 saturated carbocycles. The Labute approximate surface area is 109 Å². The van der Waals surface area contributed by atoms with Crippen LogP contribution >= 0.6 is 0 Å². The van der Waals surface area contributed by atoms with Gasteiger partial charge in [0.1, 0.15) is 0 Å². The van der Waals surface area contributed by atoms with Gasteiger partial charge in [-0.25, -0.2) is 0 Å². The third-order valence-corrected chi connectivity index (χ3v) is 3.64. The van der Waals surface area contributed by atoms with Crippen molar-refractivity contribution in [3.63, 3.8) is 0 Å². The van der Waals surface area contributed by atoms with Crippen LogP contribution in [0.1, 0.15) is 31.0 Å². The van der Waals surface area contributed by atoms with Gasteiger partial charge < -0.3 is 14.7 Å². The molecule has 1 aliphatic rings. The van der Waals surface area contributed by atoms with E-state index in [1.165, 1.54) is 25.9 Å². The van der Waals surface area contributed by atoms with Crippen LogP contribution < -0.4 is 5.32 Å². The zero-order valence-electron chi connectivity index (χ0n) is 11.5. The molecule has 5 heteroatoms. The maximum absolute atomic E-state index is 5.33. The molecule has 0 bridgehead atoms. The van der Waals surface area contributed by atoms with E-state index in [0.717, 1.165) is 37.5 Å². The van der Waals surface area contributed by atoms with Crippen molar-refractivity contribution in [2.75, 3.05) is 33.7 Å². The summed E-state index contributed by atoms with van der Waals surface area (Å²) in [7, 11) is 4.14. The molecule has 5 nitrogen and oxygen atoms in total. The van der Waals surface area contributed by atoms with E-state index in [2.05, 4.69) is 27.4 Å². The van der Waals surface area contributed by atoms with E-state index in [-0.39, 0.29) is 0 Å². The minimum atomic E-state index is 0.715. The Morgan fingerprint density at radius 3 is 2.89 bits per heavy atom. The summed E-state index contributed by atoms with van der Waals surface area (Å²) in [5.41, 5.74) is 0. The zero-order valence-corrected chi connectivity index (χ0v) is 11.5. The Morgan fingerprint density at radius 1 is 1.39 bits per heavy atom. The fourth-order valence-corrected chi connectivity index (χ4v) is 2.41. The summed E-state index contributed by atoms with van der Waals surface area (Å²) in [6, 6.07) is 0. The highest BCUT2D eigenvalue weighted by Crippen LogP contribution is 2.20. The van der Waals surface area contributed by atoms with Crippen molar-refractivity contribution in [3.05, 3.63) is 11.7 Å². The number of likely N-dealkylation sites (tertiary alicyclic amines) is 1. The monoisotopic (exact) mass is 252 g/mol. The summed E-state index contributed by atoms with van der Waals surface area (Å²) in [5, 5.41) is 7.17. The molecule has 1 N–H and O–H groups in total. The summed E-state index contributed by atoms with van der Waals surface area (Å²) in [4.78, 5) is 6.86. The van der Waals surface area contributed by atoms with Crippen molar-refractivity contribution < 1.29 is 4.52 Å². The molecule has 1 aliphatic heterocycles. The maximum Gasteiger partial charge on any atom is 0.226 e. The summed E-state index contributed by atoms with van der Waals surface area (Å²) in [6.07, 6.45) is 5.40. The minimum absolute atomic E-state index is 0.715. The van der Waals surface area contributed by atoms with Gasteiger partial charge in [0.15, 0.2) is 5.82 Å². The van der Waals surface area contributed by atoms with Crippen LogP contribution in [0.4, 0.5) is 0 Å². The average Bonchev–Trinajstić information content (AvgIpc) is 2.80. The van der Waals surface area contributed by atoms with Crippen molar-refractivity contribution >= 4 is 0 Å². The first kappa shape index (κ1) is 13.5. The van der Waals surface area contributed by atoms with Crippen molar-refractivity contribution in [1.82, 2.24) is 20.4 Å². The van der Waals surface area contributed by atoms with Gasteiger partial charge in [-0.15, -0.1) is 0 Å². The number of aryl methyl sites for hydroxylation is 1. The van der Waals surface area contributed by atoms with E-state index < -0.39 is 0 Å². The molecule has 1 aromatic rings. The Hall–Kier alpha value is -0.940. The predicted molar refractivity (Wildman–Crippen MR) is 70.5 cm³/mol. The molecule has 1 fully saturated rings. The molecule has 0 aliphatic carbocycles. The predicted octanol–water partition coefficient (Wildman–Crippen LogP) is 1.11. The molecule has 0 radical (unpaired) electrons. The molecule has 0 spiro atoms. The highest BCUT2D eigenvalue weighted by Gasteiger charge is 2.19. The first-order chi connectivity index (χ1) is 8.78. The minimum Gasteiger partial charge on any atom is -0.339 e. The van der Waals surface area contributed by atoms with Crippen LogP contribution in [0.5, 0.6) is 0 Å². The number of nitrogens with zero attached hydrogens (tertiary/aromatic N) is 3. The second-order valence-electron chi connectivity index (χ2n) is 5.26. The van der Waals surface area contributed by atoms with E-state index >= 15 is 0 Å². The van der Waals surface area contributed by atoms with Crippen molar-refractivity contribution in [3.8, 4) is 0 Å². The smallest absolute Gasteiger partial charge is 0.226 e. The first-order valence-electron chi connectivity index (χ1n) is 6.92. The Kier molecular flexibility index (Phi) is 5.13. The largest absolute Gasteiger partial charge is 0.339 e. The van der Waals surface area contributed by atoms with Crippen LogP contribution in [0.2, 0.25) is 0 Å². The number of aromatic nitrogens is 2. The standard InChI is InChI=1S/C13H24N4O/c1-14-7-3-4-12-15-13(18-16-12)10-11-5-8-17(2)9-6-11/h11,14H,3-10H2,1-2H3. The highest BCUT2D eigenvalue weighted by molar-refractivity contribution is 4.89. The van der Waals surface area contributed by atoms with Gasteiger partial charge in [-0.05, 0) is 58.9 Å². The lowest BCUT2D eigenvalue weighted by Gasteiger charge is -2.27. The number of piperidine rings is 1. The van der Waals surface area contributed by atoms with E-state index in [9.17, 15) is 0 Å². The average molecular weight is 252 g/mol. The van der Waals surface area contributed by atoms with E-state index in [0.29, 0.717) is 5.92 Å². The van der Waals surface area contributed by atoms with Crippen LogP contribution in [-0.2, 0) is 12.8 Å². The lowest BCUT2D eigenvalue weighted by Crippen LogP contribution is -2.30. The summed E-state index contributed by atoms with van der Waals surface area (Å²) >= 11 is 0.